The third kappa shape index (κ3) is 5.13. The number of anilines is 2. The van der Waals surface area contributed by atoms with Gasteiger partial charge in [0.05, 0.1) is 38.5 Å². The Kier molecular flexibility index (Phi) is 7.21. The van der Waals surface area contributed by atoms with E-state index < -0.39 is 88.9 Å². The molecule has 3 aliphatic heterocycles. The van der Waals surface area contributed by atoms with Crippen molar-refractivity contribution in [3.8, 4) is 0 Å². The fourth-order valence-corrected chi connectivity index (χ4v) is 7.55. The summed E-state index contributed by atoms with van der Waals surface area (Å²) in [5, 5.41) is 0. The van der Waals surface area contributed by atoms with Gasteiger partial charge in [-0.15, -0.1) is 0 Å². The van der Waals surface area contributed by atoms with Crippen molar-refractivity contribution >= 4 is 49.9 Å². The van der Waals surface area contributed by atoms with Crippen LogP contribution in [0.1, 0.15) is 6.23 Å². The van der Waals surface area contributed by atoms with E-state index in [1.54, 1.807) is 0 Å². The predicted molar refractivity (Wildman–Crippen MR) is 150 cm³/mol. The maximum absolute atomic E-state index is 13.3. The average Bonchev–Trinajstić information content (AvgIpc) is 3.72. The van der Waals surface area contributed by atoms with Crippen molar-refractivity contribution in [3.05, 3.63) is 33.4 Å². The van der Waals surface area contributed by atoms with Gasteiger partial charge >= 0.3 is 15.6 Å². The van der Waals surface area contributed by atoms with E-state index in [-0.39, 0.29) is 34.2 Å². The van der Waals surface area contributed by atoms with Gasteiger partial charge in [-0.05, 0) is 0 Å². The van der Waals surface area contributed by atoms with E-state index in [4.69, 9.17) is 50.5 Å². The number of nitrogens with zero attached hydrogens (tertiary/aromatic N) is 6. The summed E-state index contributed by atoms with van der Waals surface area (Å²) in [4.78, 5) is 66.8. The number of phosphoric ester groups is 2. The Balaban J connectivity index is 1.21. The fourth-order valence-electron chi connectivity index (χ4n) is 5.57. The van der Waals surface area contributed by atoms with Crippen molar-refractivity contribution in [2.24, 2.45) is 11.5 Å². The normalized spacial score (nSPS) is 37.1. The Morgan fingerprint density at radius 1 is 0.913 bits per heavy atom. The molecule has 0 saturated carbocycles. The molecule has 0 spiro atoms. The number of nitrogens with two attached hydrogens (primary N) is 4. The molecule has 7 rings (SSSR count). The van der Waals surface area contributed by atoms with Gasteiger partial charge in [-0.2, -0.15) is 9.97 Å². The van der Waals surface area contributed by atoms with E-state index in [0.717, 1.165) is 10.9 Å². The lowest BCUT2D eigenvalue weighted by molar-refractivity contribution is -0.0602. The number of phosphoric acid groups is 2. The lowest BCUT2D eigenvalue weighted by atomic mass is 10.0. The molecule has 0 radical (unpaired) electrons. The molecule has 0 amide bonds. The smallest absolute Gasteiger partial charge is 0.369 e. The zero-order chi connectivity index (χ0) is 32.8. The van der Waals surface area contributed by atoms with Crippen LogP contribution in [0.2, 0.25) is 0 Å². The van der Waals surface area contributed by atoms with Crippen LogP contribution in [0.4, 0.5) is 11.9 Å². The van der Waals surface area contributed by atoms with Crippen LogP contribution in [-0.2, 0) is 42.4 Å². The molecule has 7 heterocycles. The minimum absolute atomic E-state index is 0.0333. The Hall–Kier alpha value is -3.64. The van der Waals surface area contributed by atoms with Crippen molar-refractivity contribution in [1.82, 2.24) is 39.0 Å². The van der Waals surface area contributed by atoms with Gasteiger partial charge in [0.15, 0.2) is 28.6 Å². The molecule has 26 heteroatoms. The third-order valence-corrected chi connectivity index (χ3v) is 9.61. The van der Waals surface area contributed by atoms with Gasteiger partial charge in [0.25, 0.3) is 11.1 Å². The van der Waals surface area contributed by atoms with E-state index >= 15 is 0 Å². The fraction of sp³-hybridized carbons (Fsp3) is 0.500. The van der Waals surface area contributed by atoms with Crippen molar-refractivity contribution in [2.75, 3.05) is 31.3 Å². The van der Waals surface area contributed by atoms with Crippen LogP contribution in [0.25, 0.3) is 22.3 Å². The summed E-state index contributed by atoms with van der Waals surface area (Å²) in [6.45, 7) is -1.97. The molecule has 9 atom stereocenters. The van der Waals surface area contributed by atoms with E-state index in [9.17, 15) is 28.5 Å². The lowest BCUT2D eigenvalue weighted by Crippen LogP contribution is -2.55. The SMILES string of the molecule is Nc1nc2c(ncn2[C@@H]2O[C@@H]3COP(=O)(O)OC4[C@@H](COP(=O)(O)OC3[C@@H]2N)OC[C@]4(N)n2cnc3c(=O)[nH]c(N)nc32)c(=O)[nH]1. The summed E-state index contributed by atoms with van der Waals surface area (Å²) in [5.74, 6) is -0.504. The second-order valence-corrected chi connectivity index (χ2v) is 13.4. The highest BCUT2D eigenvalue weighted by molar-refractivity contribution is 7.47. The number of ether oxygens (including phenoxy) is 2. The molecule has 248 valence electrons. The first-order valence-corrected chi connectivity index (χ1v) is 16.2. The zero-order valence-corrected chi connectivity index (χ0v) is 24.9. The summed E-state index contributed by atoms with van der Waals surface area (Å²) in [7, 11) is -10.0. The molecule has 4 aromatic rings. The maximum Gasteiger partial charge on any atom is 0.472 e. The molecule has 3 saturated heterocycles. The van der Waals surface area contributed by atoms with Crippen LogP contribution in [0, 0.1) is 0 Å². The molecule has 0 bridgehead atoms. The Labute approximate surface area is 254 Å². The van der Waals surface area contributed by atoms with Gasteiger partial charge in [-0.25, -0.2) is 19.1 Å². The second-order valence-electron chi connectivity index (χ2n) is 10.6. The largest absolute Gasteiger partial charge is 0.472 e. The van der Waals surface area contributed by atoms with Crippen molar-refractivity contribution in [1.29, 1.82) is 0 Å². The number of H-pyrrole nitrogens is 2. The second kappa shape index (κ2) is 10.7. The molecular weight excluding hydrogens is 662 g/mol. The highest BCUT2D eigenvalue weighted by atomic mass is 31.2. The highest BCUT2D eigenvalue weighted by Crippen LogP contribution is 2.53. The molecule has 3 fully saturated rings. The number of aromatic amines is 2. The lowest BCUT2D eigenvalue weighted by Gasteiger charge is -2.34. The van der Waals surface area contributed by atoms with E-state index in [2.05, 4.69) is 29.9 Å². The first kappa shape index (κ1) is 31.0. The maximum atomic E-state index is 13.3. The Bertz CT molecular complexity index is 2070. The number of hydrogen-bond acceptors (Lipinski definition) is 18. The molecule has 0 aliphatic carbocycles. The van der Waals surface area contributed by atoms with E-state index in [1.165, 1.54) is 10.9 Å². The quantitative estimate of drug-likeness (QED) is 0.0954. The summed E-state index contributed by atoms with van der Waals surface area (Å²) in [6, 6.07) is -1.27. The van der Waals surface area contributed by atoms with Crippen LogP contribution in [0.15, 0.2) is 22.2 Å². The van der Waals surface area contributed by atoms with Crippen molar-refractivity contribution in [3.63, 3.8) is 0 Å². The van der Waals surface area contributed by atoms with Gasteiger partial charge in [0.2, 0.25) is 11.9 Å². The van der Waals surface area contributed by atoms with Crippen molar-refractivity contribution in [2.45, 2.75) is 42.3 Å². The highest BCUT2D eigenvalue weighted by Gasteiger charge is 2.56. The first-order chi connectivity index (χ1) is 21.7. The Morgan fingerprint density at radius 2 is 1.50 bits per heavy atom. The third-order valence-electron chi connectivity index (χ3n) is 7.65. The number of nitrogen functional groups attached to an aromatic ring is 2. The van der Waals surface area contributed by atoms with Crippen LogP contribution < -0.4 is 34.1 Å². The predicted octanol–water partition coefficient (Wildman–Crippen LogP) is -3.33. The molecule has 4 unspecified atom stereocenters. The summed E-state index contributed by atoms with van der Waals surface area (Å²) < 4.78 is 61.8. The van der Waals surface area contributed by atoms with Gasteiger partial charge in [0.1, 0.15) is 30.1 Å². The van der Waals surface area contributed by atoms with Gasteiger partial charge < -0.3 is 42.2 Å². The number of hydrogen-bond donors (Lipinski definition) is 8. The number of aromatic nitrogens is 8. The van der Waals surface area contributed by atoms with Crippen LogP contribution >= 0.6 is 15.6 Å². The van der Waals surface area contributed by atoms with Crippen LogP contribution in [0.3, 0.4) is 0 Å². The minimum atomic E-state index is -5.07. The molecule has 3 aliphatic rings. The van der Waals surface area contributed by atoms with Gasteiger partial charge in [0, 0.05) is 0 Å². The number of imidazole rings is 2. The summed E-state index contributed by atoms with van der Waals surface area (Å²) in [5.41, 5.74) is 20.7. The molecular formula is C20H26N12O12P2. The van der Waals surface area contributed by atoms with E-state index in [1.807, 2.05) is 0 Å². The number of rotatable bonds is 2. The number of fused-ring (bicyclic) bond motifs is 4. The van der Waals surface area contributed by atoms with Gasteiger partial charge in [-0.3, -0.25) is 46.8 Å². The molecule has 24 nitrogen and oxygen atoms in total. The molecule has 0 aromatic carbocycles. The molecule has 12 N–H and O–H groups in total. The van der Waals surface area contributed by atoms with Crippen LogP contribution in [0.5, 0.6) is 0 Å². The minimum Gasteiger partial charge on any atom is -0.369 e. The standard InChI is InChI=1S/C20H26N12O12P2/c21-8-11-6(42-17(8)31-4-25-9-13(31)27-18(22)29-15(9)33)1-40-46(37,38)44-12-7(2-41-45(35,36)43-11)39-3-20(12,24)32-5-26-10-14(32)28-19(23)30-16(10)34/h4-8,11-12,17H,1-3,21,24H2,(H,35,36)(H,37,38)(H3,22,27,29,33)(H3,23,28,30,34)/t6-,7-,8+,11?,12?,17-,20+/m1/s1. The van der Waals surface area contributed by atoms with Crippen molar-refractivity contribution < 1.29 is 46.5 Å². The van der Waals surface area contributed by atoms with Crippen LogP contribution in [-0.4, -0.2) is 99.1 Å². The summed E-state index contributed by atoms with van der Waals surface area (Å²) in [6.07, 6.45) is -4.84. The molecule has 46 heavy (non-hydrogen) atoms. The Morgan fingerprint density at radius 3 is 2.20 bits per heavy atom. The number of nitrogens with one attached hydrogen (secondary N) is 2. The topological polar surface area (TPSA) is 361 Å². The zero-order valence-electron chi connectivity index (χ0n) is 23.1. The first-order valence-electron chi connectivity index (χ1n) is 13.2. The average molecular weight is 688 g/mol. The van der Waals surface area contributed by atoms with E-state index in [0.29, 0.717) is 0 Å². The summed E-state index contributed by atoms with van der Waals surface area (Å²) >= 11 is 0. The van der Waals surface area contributed by atoms with Gasteiger partial charge in [-0.1, -0.05) is 0 Å². The monoisotopic (exact) mass is 688 g/mol. The molecule has 4 aromatic heterocycles.